The molecule has 2 aromatic carbocycles. The SMILES string of the molecule is CCOC(=O)c1[nH]c2c(c1SC)-c1ccccc1Oc1ccccc1C2=O. The molecule has 0 bridgehead atoms. The third kappa shape index (κ3) is 2.82. The van der Waals surface area contributed by atoms with Crippen LogP contribution in [0.1, 0.15) is 33.5 Å². The maximum atomic E-state index is 13.3. The van der Waals surface area contributed by atoms with Crippen LogP contribution >= 0.6 is 11.8 Å². The largest absolute Gasteiger partial charge is 0.461 e. The van der Waals surface area contributed by atoms with Crippen LogP contribution in [0.25, 0.3) is 11.1 Å². The van der Waals surface area contributed by atoms with E-state index in [-0.39, 0.29) is 18.1 Å². The third-order valence-electron chi connectivity index (χ3n) is 4.37. The lowest BCUT2D eigenvalue weighted by Gasteiger charge is -2.18. The number of hydrogen-bond acceptors (Lipinski definition) is 5. The summed E-state index contributed by atoms with van der Waals surface area (Å²) in [5, 5.41) is 0. The van der Waals surface area contributed by atoms with Gasteiger partial charge >= 0.3 is 5.97 Å². The molecule has 0 radical (unpaired) electrons. The number of aromatic nitrogens is 1. The minimum absolute atomic E-state index is 0.221. The molecule has 2 heterocycles. The second-order valence-corrected chi connectivity index (χ2v) is 6.74. The Bertz CT molecular complexity index is 1050. The number of fused-ring (bicyclic) bond motifs is 4. The van der Waals surface area contributed by atoms with Gasteiger partial charge in [-0.3, -0.25) is 4.79 Å². The van der Waals surface area contributed by atoms with Crippen molar-refractivity contribution in [2.45, 2.75) is 11.8 Å². The second-order valence-electron chi connectivity index (χ2n) is 5.93. The van der Waals surface area contributed by atoms with Crippen LogP contribution < -0.4 is 4.74 Å². The van der Waals surface area contributed by atoms with Gasteiger partial charge in [-0.05, 0) is 31.4 Å². The standard InChI is InChI=1S/C21H17NO4S/c1-3-25-21(24)18-20(27-2)16-12-8-4-6-10-14(12)26-15-11-7-5-9-13(15)19(23)17(16)22-18/h4-11,22H,3H2,1-2H3. The topological polar surface area (TPSA) is 68.4 Å². The first-order valence-corrected chi connectivity index (χ1v) is 9.76. The van der Waals surface area contributed by atoms with E-state index in [4.69, 9.17) is 9.47 Å². The van der Waals surface area contributed by atoms with Gasteiger partial charge in [0.1, 0.15) is 17.2 Å². The van der Waals surface area contributed by atoms with Crippen LogP contribution in [-0.2, 0) is 4.74 Å². The summed E-state index contributed by atoms with van der Waals surface area (Å²) in [4.78, 5) is 29.5. The molecule has 0 spiro atoms. The number of aromatic amines is 1. The van der Waals surface area contributed by atoms with Crippen LogP contribution in [0.4, 0.5) is 0 Å². The Balaban J connectivity index is 2.05. The van der Waals surface area contributed by atoms with Crippen molar-refractivity contribution >= 4 is 23.5 Å². The summed E-state index contributed by atoms with van der Waals surface area (Å²) in [5.41, 5.74) is 2.52. The quantitative estimate of drug-likeness (QED) is 0.404. The lowest BCUT2D eigenvalue weighted by atomic mass is 9.97. The number of hydrogen-bond donors (Lipinski definition) is 1. The van der Waals surface area contributed by atoms with E-state index in [0.29, 0.717) is 33.2 Å². The van der Waals surface area contributed by atoms with Gasteiger partial charge in [0.2, 0.25) is 5.78 Å². The minimum Gasteiger partial charge on any atom is -0.461 e. The Labute approximate surface area is 160 Å². The zero-order chi connectivity index (χ0) is 19.0. The van der Waals surface area contributed by atoms with Gasteiger partial charge in [-0.2, -0.15) is 0 Å². The molecule has 136 valence electrons. The van der Waals surface area contributed by atoms with Gasteiger partial charge < -0.3 is 14.5 Å². The van der Waals surface area contributed by atoms with E-state index in [9.17, 15) is 9.59 Å². The van der Waals surface area contributed by atoms with Gasteiger partial charge in [0.05, 0.1) is 17.9 Å². The number of thioether (sulfide) groups is 1. The lowest BCUT2D eigenvalue weighted by molar-refractivity contribution is 0.0516. The van der Waals surface area contributed by atoms with Gasteiger partial charge in [-0.1, -0.05) is 30.3 Å². The summed E-state index contributed by atoms with van der Waals surface area (Å²) in [6.45, 7) is 2.01. The Hall–Kier alpha value is -2.99. The van der Waals surface area contributed by atoms with E-state index in [1.807, 2.05) is 36.6 Å². The molecule has 0 saturated carbocycles. The Morgan fingerprint density at radius 3 is 2.37 bits per heavy atom. The van der Waals surface area contributed by atoms with Crippen molar-refractivity contribution in [3.63, 3.8) is 0 Å². The predicted molar refractivity (Wildman–Crippen MR) is 104 cm³/mol. The van der Waals surface area contributed by atoms with Gasteiger partial charge in [0, 0.05) is 16.0 Å². The summed E-state index contributed by atoms with van der Waals surface area (Å²) < 4.78 is 11.2. The number of carbonyl (C=O) groups excluding carboxylic acids is 2. The molecule has 1 N–H and O–H groups in total. The fourth-order valence-corrected chi connectivity index (χ4v) is 3.97. The molecule has 1 aliphatic rings. The van der Waals surface area contributed by atoms with Crippen molar-refractivity contribution in [1.82, 2.24) is 4.98 Å². The van der Waals surface area contributed by atoms with Crippen LogP contribution in [0.3, 0.4) is 0 Å². The molecule has 0 atom stereocenters. The summed E-state index contributed by atoms with van der Waals surface area (Å²) in [7, 11) is 0. The van der Waals surface area contributed by atoms with Crippen LogP contribution in [0, 0.1) is 0 Å². The molecule has 0 unspecified atom stereocenters. The first-order valence-electron chi connectivity index (χ1n) is 8.53. The predicted octanol–water partition coefficient (Wildman–Crippen LogP) is 4.92. The first kappa shape index (κ1) is 17.4. The number of H-pyrrole nitrogens is 1. The van der Waals surface area contributed by atoms with Crippen molar-refractivity contribution in [1.29, 1.82) is 0 Å². The lowest BCUT2D eigenvalue weighted by Crippen LogP contribution is -2.09. The number of benzene rings is 2. The molecule has 0 saturated heterocycles. The first-order chi connectivity index (χ1) is 13.2. The third-order valence-corrected chi connectivity index (χ3v) is 5.19. The Morgan fingerprint density at radius 1 is 1.07 bits per heavy atom. The summed E-state index contributed by atoms with van der Waals surface area (Å²) in [6, 6.07) is 14.6. The van der Waals surface area contributed by atoms with Gasteiger partial charge in [0.25, 0.3) is 0 Å². The highest BCUT2D eigenvalue weighted by molar-refractivity contribution is 7.98. The fourth-order valence-electron chi connectivity index (χ4n) is 3.22. The van der Waals surface area contributed by atoms with E-state index in [0.717, 1.165) is 5.56 Å². The molecule has 3 aromatic rings. The van der Waals surface area contributed by atoms with E-state index in [1.54, 1.807) is 25.1 Å². The number of rotatable bonds is 3. The van der Waals surface area contributed by atoms with E-state index < -0.39 is 5.97 Å². The maximum absolute atomic E-state index is 13.3. The molecule has 4 rings (SSSR count). The molecule has 27 heavy (non-hydrogen) atoms. The molecule has 6 heteroatoms. The monoisotopic (exact) mass is 379 g/mol. The fraction of sp³-hybridized carbons (Fsp3) is 0.143. The average molecular weight is 379 g/mol. The van der Waals surface area contributed by atoms with Gasteiger partial charge in [-0.25, -0.2) is 4.79 Å². The minimum atomic E-state index is -0.479. The molecule has 0 aliphatic carbocycles. The van der Waals surface area contributed by atoms with Crippen LogP contribution in [-0.4, -0.2) is 29.6 Å². The molecule has 0 amide bonds. The smallest absolute Gasteiger partial charge is 0.355 e. The molecular formula is C21H17NO4S. The summed E-state index contributed by atoms with van der Waals surface area (Å²) in [6.07, 6.45) is 1.87. The van der Waals surface area contributed by atoms with Crippen LogP contribution in [0.5, 0.6) is 11.5 Å². The van der Waals surface area contributed by atoms with Crippen molar-refractivity contribution in [2.24, 2.45) is 0 Å². The molecule has 5 nitrogen and oxygen atoms in total. The number of esters is 1. The van der Waals surface area contributed by atoms with Crippen LogP contribution in [0.2, 0.25) is 0 Å². The van der Waals surface area contributed by atoms with E-state index >= 15 is 0 Å². The summed E-state index contributed by atoms with van der Waals surface area (Å²) in [5.74, 6) is 0.413. The second kappa shape index (κ2) is 6.96. The van der Waals surface area contributed by atoms with Gasteiger partial charge in [-0.15, -0.1) is 11.8 Å². The summed E-state index contributed by atoms with van der Waals surface area (Å²) >= 11 is 1.39. The zero-order valence-corrected chi connectivity index (χ0v) is 15.7. The van der Waals surface area contributed by atoms with E-state index in [2.05, 4.69) is 4.98 Å². The normalized spacial score (nSPS) is 12.1. The number of ether oxygens (including phenoxy) is 2. The highest BCUT2D eigenvalue weighted by atomic mass is 32.2. The van der Waals surface area contributed by atoms with Crippen molar-refractivity contribution in [3.05, 3.63) is 65.5 Å². The Kier molecular flexibility index (Phi) is 4.49. The maximum Gasteiger partial charge on any atom is 0.355 e. The number of ketones is 1. The molecule has 0 fully saturated rings. The number of carbonyl (C=O) groups is 2. The van der Waals surface area contributed by atoms with Crippen LogP contribution in [0.15, 0.2) is 53.4 Å². The number of nitrogens with one attached hydrogen (secondary N) is 1. The molecular weight excluding hydrogens is 362 g/mol. The average Bonchev–Trinajstić information content (AvgIpc) is 3.07. The van der Waals surface area contributed by atoms with Crippen molar-refractivity contribution < 1.29 is 19.1 Å². The molecule has 1 aliphatic heterocycles. The number of para-hydroxylation sites is 2. The highest BCUT2D eigenvalue weighted by Crippen LogP contribution is 2.45. The van der Waals surface area contributed by atoms with E-state index in [1.165, 1.54) is 11.8 Å². The van der Waals surface area contributed by atoms with Crippen molar-refractivity contribution in [2.75, 3.05) is 12.9 Å². The zero-order valence-electron chi connectivity index (χ0n) is 14.9. The highest BCUT2D eigenvalue weighted by Gasteiger charge is 2.31. The van der Waals surface area contributed by atoms with Crippen molar-refractivity contribution in [3.8, 4) is 22.6 Å². The molecule has 1 aromatic heterocycles. The Morgan fingerprint density at radius 2 is 1.70 bits per heavy atom. The van der Waals surface area contributed by atoms with Gasteiger partial charge in [0.15, 0.2) is 0 Å².